The highest BCUT2D eigenvalue weighted by molar-refractivity contribution is 6.06. The number of amides is 4. The van der Waals surface area contributed by atoms with Gasteiger partial charge in [0.2, 0.25) is 11.8 Å². The number of ether oxygens (including phenoxy) is 1. The van der Waals surface area contributed by atoms with Crippen LogP contribution in [0.15, 0.2) is 54.9 Å². The van der Waals surface area contributed by atoms with Crippen molar-refractivity contribution in [2.24, 2.45) is 11.3 Å². The van der Waals surface area contributed by atoms with E-state index in [1.54, 1.807) is 24.4 Å². The fourth-order valence-electron chi connectivity index (χ4n) is 11.4. The van der Waals surface area contributed by atoms with Gasteiger partial charge in [-0.1, -0.05) is 19.9 Å². The quantitative estimate of drug-likeness (QED) is 0.229. The molecule has 4 aromatic rings. The van der Waals surface area contributed by atoms with Gasteiger partial charge in [-0.2, -0.15) is 5.26 Å². The van der Waals surface area contributed by atoms with E-state index in [9.17, 15) is 29.5 Å². The lowest BCUT2D eigenvalue weighted by Crippen LogP contribution is -2.78. The SMILES string of the molecule is CC1(C)[C@H](NC(=O)c2cnc(N3CCC(CN4CCN(c5ccc6c(c5)C(=O)N(C5CCC(=O)NC5=O)C6O)CC4)CC3)c(F)c2)C2(C)c3ccnc4c(C#N)ccc(c34)O[C@@H]12. The second kappa shape index (κ2) is 14.7. The van der Waals surface area contributed by atoms with E-state index in [4.69, 9.17) is 4.74 Å². The van der Waals surface area contributed by atoms with Crippen LogP contribution in [-0.2, 0) is 15.0 Å². The first kappa shape index (κ1) is 39.9. The lowest BCUT2D eigenvalue weighted by molar-refractivity contribution is -0.139. The number of nitrogens with one attached hydrogen (secondary N) is 2. The highest BCUT2D eigenvalue weighted by atomic mass is 19.1. The zero-order valence-corrected chi connectivity index (χ0v) is 34.9. The van der Waals surface area contributed by atoms with Crippen LogP contribution in [0.2, 0.25) is 0 Å². The number of hydrogen-bond donors (Lipinski definition) is 3. The Kier molecular flexibility index (Phi) is 9.49. The molecule has 2 aromatic heterocycles. The molecule has 16 heteroatoms. The van der Waals surface area contributed by atoms with Crippen molar-refractivity contribution >= 4 is 46.0 Å². The van der Waals surface area contributed by atoms with E-state index in [2.05, 4.69) is 57.2 Å². The Bertz CT molecular complexity index is 2600. The molecule has 0 spiro atoms. The molecule has 3 N–H and O–H groups in total. The van der Waals surface area contributed by atoms with E-state index in [0.29, 0.717) is 47.0 Å². The number of piperazine rings is 1. The number of pyridine rings is 2. The zero-order valence-electron chi connectivity index (χ0n) is 34.9. The Morgan fingerprint density at radius 1 is 1.00 bits per heavy atom. The summed E-state index contributed by atoms with van der Waals surface area (Å²) >= 11 is 0. The smallest absolute Gasteiger partial charge is 0.257 e. The zero-order chi connectivity index (χ0) is 43.2. The number of carbonyl (C=O) groups is 4. The lowest BCUT2D eigenvalue weighted by atomic mass is 9.45. The predicted molar refractivity (Wildman–Crippen MR) is 225 cm³/mol. The summed E-state index contributed by atoms with van der Waals surface area (Å²) in [5, 5.41) is 27.0. The Morgan fingerprint density at radius 3 is 2.50 bits per heavy atom. The van der Waals surface area contributed by atoms with Crippen LogP contribution in [0, 0.1) is 28.5 Å². The summed E-state index contributed by atoms with van der Waals surface area (Å²) in [6.07, 6.45) is 3.69. The minimum absolute atomic E-state index is 0.113. The van der Waals surface area contributed by atoms with Crippen LogP contribution in [0.5, 0.6) is 5.75 Å². The molecule has 5 aliphatic heterocycles. The summed E-state index contributed by atoms with van der Waals surface area (Å²) < 4.78 is 22.3. The number of piperidine rings is 2. The van der Waals surface area contributed by atoms with Gasteiger partial charge >= 0.3 is 0 Å². The maximum atomic E-state index is 15.8. The molecule has 0 bridgehead atoms. The van der Waals surface area contributed by atoms with E-state index >= 15 is 4.39 Å². The van der Waals surface area contributed by atoms with Gasteiger partial charge in [0.1, 0.15) is 24.0 Å². The van der Waals surface area contributed by atoms with Crippen LogP contribution in [-0.4, -0.2) is 113 Å². The van der Waals surface area contributed by atoms with Gasteiger partial charge in [0.15, 0.2) is 17.9 Å². The van der Waals surface area contributed by atoms with Crippen molar-refractivity contribution in [3.8, 4) is 11.8 Å². The Morgan fingerprint density at radius 2 is 1.77 bits per heavy atom. The first-order chi connectivity index (χ1) is 29.8. The standard InChI is InChI=1S/C46H48FN9O6/c1-45(2)43(46(3)31-10-13-49-37-26(22-48)4-8-34(36(31)37)62-44(45)46)52-39(58)27-20-32(47)38(50-23-27)55-14-11-25(12-15-55)24-53-16-18-54(19-17-53)28-5-6-29-30(21-28)42(61)56(41(29)60)33-7-9-35(57)51-40(33)59/h4-6,8,10,13,20-21,23,25,33,41,43-44,60H,7,9,11-12,14-19,24H2,1-3H3,(H,52,58)(H,51,57,59)/t33?,41?,43-,44-,46?/m0/s1. The van der Waals surface area contributed by atoms with E-state index in [0.717, 1.165) is 62.2 Å². The van der Waals surface area contributed by atoms with Crippen LogP contribution in [0.1, 0.15) is 90.1 Å². The van der Waals surface area contributed by atoms with Gasteiger partial charge in [-0.05, 0) is 74.1 Å². The molecule has 1 saturated carbocycles. The first-order valence-electron chi connectivity index (χ1n) is 21.4. The molecule has 15 nitrogen and oxygen atoms in total. The van der Waals surface area contributed by atoms with Crippen LogP contribution >= 0.6 is 0 Å². The van der Waals surface area contributed by atoms with Gasteiger partial charge in [-0.25, -0.2) is 9.37 Å². The molecule has 3 saturated heterocycles. The summed E-state index contributed by atoms with van der Waals surface area (Å²) in [4.78, 5) is 68.1. The predicted octanol–water partition coefficient (Wildman–Crippen LogP) is 3.79. The number of carbonyl (C=O) groups excluding carboxylic acids is 4. The molecule has 4 fully saturated rings. The summed E-state index contributed by atoms with van der Waals surface area (Å²) in [5.74, 6) is -0.961. The topological polar surface area (TPSA) is 184 Å². The number of fused-ring (bicyclic) bond motifs is 3. The number of benzene rings is 2. The highest BCUT2D eigenvalue weighted by Crippen LogP contribution is 2.61. The van der Waals surface area contributed by atoms with Gasteiger partial charge in [-0.3, -0.25) is 39.3 Å². The molecule has 1 aliphatic carbocycles. The molecule has 3 unspecified atom stereocenters. The third kappa shape index (κ3) is 6.18. The van der Waals surface area contributed by atoms with Crippen LogP contribution in [0.25, 0.3) is 10.9 Å². The van der Waals surface area contributed by atoms with Crippen molar-refractivity contribution < 1.29 is 33.4 Å². The molecule has 62 heavy (non-hydrogen) atoms. The third-order valence-electron chi connectivity index (χ3n) is 14.5. The monoisotopic (exact) mass is 841 g/mol. The molecule has 5 atom stereocenters. The highest BCUT2D eigenvalue weighted by Gasteiger charge is 2.69. The van der Waals surface area contributed by atoms with Gasteiger partial charge in [0, 0.05) is 92.2 Å². The molecule has 10 rings (SSSR count). The minimum atomic E-state index is -1.25. The van der Waals surface area contributed by atoms with Crippen molar-refractivity contribution in [3.05, 3.63) is 88.5 Å². The van der Waals surface area contributed by atoms with Crippen molar-refractivity contribution in [1.82, 2.24) is 30.4 Å². The molecule has 0 radical (unpaired) electrons. The number of aliphatic hydroxyl groups excluding tert-OH is 1. The molecule has 4 amide bonds. The second-order valence-corrected chi connectivity index (χ2v) is 18.4. The Labute approximate surface area is 357 Å². The lowest BCUT2D eigenvalue weighted by Gasteiger charge is -2.66. The molecular weight excluding hydrogens is 794 g/mol. The molecule has 6 aliphatic rings. The maximum absolute atomic E-state index is 15.8. The van der Waals surface area contributed by atoms with Crippen molar-refractivity contribution in [2.75, 3.05) is 55.6 Å². The van der Waals surface area contributed by atoms with Gasteiger partial charge < -0.3 is 25.0 Å². The Hall–Kier alpha value is -6.18. The average Bonchev–Trinajstić information content (AvgIpc) is 3.52. The van der Waals surface area contributed by atoms with Gasteiger partial charge in [0.25, 0.3) is 11.8 Å². The van der Waals surface area contributed by atoms with E-state index in [1.807, 2.05) is 23.1 Å². The molecule has 320 valence electrons. The summed E-state index contributed by atoms with van der Waals surface area (Å²) in [6, 6.07) is 13.2. The normalized spacial score (nSPS) is 26.9. The van der Waals surface area contributed by atoms with Crippen LogP contribution in [0.3, 0.4) is 0 Å². The van der Waals surface area contributed by atoms with Crippen molar-refractivity contribution in [3.63, 3.8) is 0 Å². The minimum Gasteiger partial charge on any atom is -0.488 e. The number of imide groups is 1. The Balaban J connectivity index is 0.731. The molecule has 7 heterocycles. The summed E-state index contributed by atoms with van der Waals surface area (Å²) in [7, 11) is 0. The fraction of sp³-hybridized carbons (Fsp3) is 0.457. The molecule has 2 aromatic carbocycles. The summed E-state index contributed by atoms with van der Waals surface area (Å²) in [5.41, 5.74) is 2.76. The number of nitriles is 1. The van der Waals surface area contributed by atoms with Gasteiger partial charge in [0.05, 0.1) is 28.1 Å². The van der Waals surface area contributed by atoms with Gasteiger partial charge in [-0.15, -0.1) is 0 Å². The average molecular weight is 842 g/mol. The third-order valence-corrected chi connectivity index (χ3v) is 14.5. The number of nitrogens with zero attached hydrogens (tertiary/aromatic N) is 7. The van der Waals surface area contributed by atoms with E-state index in [-0.39, 0.29) is 42.3 Å². The van der Waals surface area contributed by atoms with E-state index < -0.39 is 46.6 Å². The van der Waals surface area contributed by atoms with Crippen LogP contribution in [0.4, 0.5) is 15.9 Å². The number of hydrogen-bond acceptors (Lipinski definition) is 12. The number of halogens is 1. The number of anilines is 2. The number of rotatable bonds is 7. The second-order valence-electron chi connectivity index (χ2n) is 18.4. The number of aliphatic hydroxyl groups is 1. The van der Waals surface area contributed by atoms with Crippen molar-refractivity contribution in [2.45, 2.75) is 76.3 Å². The largest absolute Gasteiger partial charge is 0.488 e. The molecular formula is C46H48FN9O6. The number of aromatic nitrogens is 2. The fourth-order valence-corrected chi connectivity index (χ4v) is 11.4. The van der Waals surface area contributed by atoms with Crippen LogP contribution < -0.4 is 25.2 Å². The van der Waals surface area contributed by atoms with E-state index in [1.165, 1.54) is 17.2 Å². The maximum Gasteiger partial charge on any atom is 0.257 e. The first-order valence-corrected chi connectivity index (χ1v) is 21.4. The summed E-state index contributed by atoms with van der Waals surface area (Å²) in [6.45, 7) is 11.6. The van der Waals surface area contributed by atoms with Crippen molar-refractivity contribution in [1.29, 1.82) is 5.26 Å².